The standard InChI is InChI=1S/C16H32N2O2.ClH/c1-3-4-5-14-6-8-15(9-7-14)12-18-16(19)13-17-10-11-20-2;/h14-15,17H,3-13H2,1-2H3,(H,18,19);1H. The Labute approximate surface area is 136 Å². The molecule has 0 aromatic rings. The summed E-state index contributed by atoms with van der Waals surface area (Å²) in [5.74, 6) is 1.74. The maximum Gasteiger partial charge on any atom is 0.233 e. The van der Waals surface area contributed by atoms with Crippen LogP contribution >= 0.6 is 12.4 Å². The summed E-state index contributed by atoms with van der Waals surface area (Å²) in [4.78, 5) is 11.6. The van der Waals surface area contributed by atoms with Crippen LogP contribution in [0.3, 0.4) is 0 Å². The summed E-state index contributed by atoms with van der Waals surface area (Å²) in [5.41, 5.74) is 0. The molecule has 1 rings (SSSR count). The average Bonchev–Trinajstić information content (AvgIpc) is 2.48. The van der Waals surface area contributed by atoms with Gasteiger partial charge in [-0.15, -0.1) is 12.4 Å². The zero-order valence-corrected chi connectivity index (χ0v) is 14.5. The van der Waals surface area contributed by atoms with Gasteiger partial charge >= 0.3 is 0 Å². The van der Waals surface area contributed by atoms with E-state index < -0.39 is 0 Å². The Morgan fingerprint density at radius 2 is 1.86 bits per heavy atom. The molecule has 0 radical (unpaired) electrons. The summed E-state index contributed by atoms with van der Waals surface area (Å²) in [5, 5.41) is 6.11. The number of unbranched alkanes of at least 4 members (excludes halogenated alkanes) is 1. The average molecular weight is 321 g/mol. The van der Waals surface area contributed by atoms with Gasteiger partial charge in [0.1, 0.15) is 0 Å². The first-order valence-electron chi connectivity index (χ1n) is 8.22. The van der Waals surface area contributed by atoms with E-state index in [1.807, 2.05) is 0 Å². The lowest BCUT2D eigenvalue weighted by Crippen LogP contribution is -2.38. The number of rotatable bonds is 10. The van der Waals surface area contributed by atoms with Gasteiger partial charge in [0.15, 0.2) is 0 Å². The van der Waals surface area contributed by atoms with E-state index >= 15 is 0 Å². The summed E-state index contributed by atoms with van der Waals surface area (Å²) in [6.45, 7) is 4.89. The van der Waals surface area contributed by atoms with Crippen molar-refractivity contribution in [3.05, 3.63) is 0 Å². The van der Waals surface area contributed by atoms with Crippen molar-refractivity contribution in [2.24, 2.45) is 11.8 Å². The highest BCUT2D eigenvalue weighted by atomic mass is 35.5. The molecule has 4 nitrogen and oxygen atoms in total. The van der Waals surface area contributed by atoms with Gasteiger partial charge in [-0.3, -0.25) is 4.79 Å². The number of halogens is 1. The molecule has 1 amide bonds. The van der Waals surface area contributed by atoms with Crippen LogP contribution in [-0.2, 0) is 9.53 Å². The molecule has 126 valence electrons. The SMILES string of the molecule is CCCCC1CCC(CNC(=O)CNCCOC)CC1.Cl. The fraction of sp³-hybridized carbons (Fsp3) is 0.938. The van der Waals surface area contributed by atoms with E-state index in [-0.39, 0.29) is 18.3 Å². The lowest BCUT2D eigenvalue weighted by atomic mass is 9.80. The first kappa shape index (κ1) is 20.7. The zero-order valence-electron chi connectivity index (χ0n) is 13.7. The predicted octanol–water partition coefficient (Wildman–Crippen LogP) is 2.76. The van der Waals surface area contributed by atoms with Gasteiger partial charge in [-0.25, -0.2) is 0 Å². The number of carbonyl (C=O) groups excluding carboxylic acids is 1. The highest BCUT2D eigenvalue weighted by molar-refractivity contribution is 5.85. The van der Waals surface area contributed by atoms with Gasteiger partial charge in [-0.1, -0.05) is 39.0 Å². The minimum atomic E-state index is 0. The van der Waals surface area contributed by atoms with Gasteiger partial charge < -0.3 is 15.4 Å². The fourth-order valence-corrected chi connectivity index (χ4v) is 2.91. The first-order chi connectivity index (χ1) is 9.76. The number of ether oxygens (including phenoxy) is 1. The van der Waals surface area contributed by atoms with Crippen LogP contribution < -0.4 is 10.6 Å². The first-order valence-corrected chi connectivity index (χ1v) is 8.22. The summed E-state index contributed by atoms with van der Waals surface area (Å²) < 4.78 is 4.92. The molecule has 1 fully saturated rings. The molecule has 0 bridgehead atoms. The van der Waals surface area contributed by atoms with E-state index in [9.17, 15) is 4.79 Å². The smallest absolute Gasteiger partial charge is 0.233 e. The Morgan fingerprint density at radius 1 is 1.19 bits per heavy atom. The van der Waals surface area contributed by atoms with Crippen molar-refractivity contribution in [3.63, 3.8) is 0 Å². The van der Waals surface area contributed by atoms with Crippen molar-refractivity contribution in [2.45, 2.75) is 51.9 Å². The molecule has 0 heterocycles. The molecular formula is C16H33ClN2O2. The number of hydrogen-bond donors (Lipinski definition) is 2. The topological polar surface area (TPSA) is 50.4 Å². The second kappa shape index (κ2) is 13.4. The Kier molecular flexibility index (Phi) is 13.1. The lowest BCUT2D eigenvalue weighted by Gasteiger charge is -2.28. The van der Waals surface area contributed by atoms with Crippen LogP contribution in [-0.4, -0.2) is 39.3 Å². The van der Waals surface area contributed by atoms with E-state index in [0.29, 0.717) is 19.1 Å². The van der Waals surface area contributed by atoms with Crippen molar-refractivity contribution in [3.8, 4) is 0 Å². The van der Waals surface area contributed by atoms with Crippen LogP contribution in [0.5, 0.6) is 0 Å². The number of methoxy groups -OCH3 is 1. The van der Waals surface area contributed by atoms with Crippen molar-refractivity contribution < 1.29 is 9.53 Å². The van der Waals surface area contributed by atoms with Crippen LogP contribution in [0.25, 0.3) is 0 Å². The molecular weight excluding hydrogens is 288 g/mol. The molecule has 0 unspecified atom stereocenters. The van der Waals surface area contributed by atoms with Gasteiger partial charge in [0, 0.05) is 20.2 Å². The fourth-order valence-electron chi connectivity index (χ4n) is 2.91. The van der Waals surface area contributed by atoms with Crippen LogP contribution in [0, 0.1) is 11.8 Å². The van der Waals surface area contributed by atoms with Gasteiger partial charge in [0.05, 0.1) is 13.2 Å². The van der Waals surface area contributed by atoms with Crippen LogP contribution in [0.15, 0.2) is 0 Å². The Hall–Kier alpha value is -0.320. The van der Waals surface area contributed by atoms with E-state index in [0.717, 1.165) is 19.0 Å². The van der Waals surface area contributed by atoms with E-state index in [1.165, 1.54) is 44.9 Å². The molecule has 2 N–H and O–H groups in total. The number of carbonyl (C=O) groups is 1. The second-order valence-corrected chi connectivity index (χ2v) is 6.00. The zero-order chi connectivity index (χ0) is 14.6. The molecule has 0 spiro atoms. The molecule has 0 aromatic heterocycles. The largest absolute Gasteiger partial charge is 0.383 e. The van der Waals surface area contributed by atoms with Gasteiger partial charge in [-0.2, -0.15) is 0 Å². The van der Waals surface area contributed by atoms with Crippen LogP contribution in [0.1, 0.15) is 51.9 Å². The predicted molar refractivity (Wildman–Crippen MR) is 90.0 cm³/mol. The van der Waals surface area contributed by atoms with Gasteiger partial charge in [-0.05, 0) is 24.7 Å². The summed E-state index contributed by atoms with van der Waals surface area (Å²) >= 11 is 0. The molecule has 21 heavy (non-hydrogen) atoms. The Morgan fingerprint density at radius 3 is 2.48 bits per heavy atom. The van der Waals surface area contributed by atoms with Crippen LogP contribution in [0.2, 0.25) is 0 Å². The number of hydrogen-bond acceptors (Lipinski definition) is 3. The maximum atomic E-state index is 11.6. The number of amides is 1. The van der Waals surface area contributed by atoms with Gasteiger partial charge in [0.25, 0.3) is 0 Å². The summed E-state index contributed by atoms with van der Waals surface area (Å²) in [6.07, 6.45) is 9.36. The molecule has 0 atom stereocenters. The summed E-state index contributed by atoms with van der Waals surface area (Å²) in [6, 6.07) is 0. The van der Waals surface area contributed by atoms with Gasteiger partial charge in [0.2, 0.25) is 5.91 Å². The van der Waals surface area contributed by atoms with E-state index in [4.69, 9.17) is 4.74 Å². The molecule has 1 aliphatic rings. The van der Waals surface area contributed by atoms with Crippen molar-refractivity contribution in [1.82, 2.24) is 10.6 Å². The third-order valence-corrected chi connectivity index (χ3v) is 4.29. The summed E-state index contributed by atoms with van der Waals surface area (Å²) in [7, 11) is 1.67. The number of nitrogens with one attached hydrogen (secondary N) is 2. The molecule has 1 saturated carbocycles. The second-order valence-electron chi connectivity index (χ2n) is 6.00. The Bertz CT molecular complexity index is 257. The highest BCUT2D eigenvalue weighted by Gasteiger charge is 2.20. The maximum absolute atomic E-state index is 11.6. The highest BCUT2D eigenvalue weighted by Crippen LogP contribution is 2.31. The van der Waals surface area contributed by atoms with Crippen molar-refractivity contribution >= 4 is 18.3 Å². The molecule has 5 heteroatoms. The third-order valence-electron chi connectivity index (χ3n) is 4.29. The lowest BCUT2D eigenvalue weighted by molar-refractivity contribution is -0.120. The molecule has 0 saturated heterocycles. The quantitative estimate of drug-likeness (QED) is 0.609. The van der Waals surface area contributed by atoms with E-state index in [2.05, 4.69) is 17.6 Å². The van der Waals surface area contributed by atoms with E-state index in [1.54, 1.807) is 7.11 Å². The molecule has 0 aromatic carbocycles. The van der Waals surface area contributed by atoms with Crippen LogP contribution in [0.4, 0.5) is 0 Å². The Balaban J connectivity index is 0.00000400. The minimum absolute atomic E-state index is 0. The third kappa shape index (κ3) is 10.1. The normalized spacial score (nSPS) is 21.6. The molecule has 0 aliphatic heterocycles. The minimum Gasteiger partial charge on any atom is -0.383 e. The molecule has 1 aliphatic carbocycles. The van der Waals surface area contributed by atoms with Crippen molar-refractivity contribution in [1.29, 1.82) is 0 Å². The monoisotopic (exact) mass is 320 g/mol. The van der Waals surface area contributed by atoms with Crippen molar-refractivity contribution in [2.75, 3.05) is 33.4 Å².